The summed E-state index contributed by atoms with van der Waals surface area (Å²) in [5, 5.41) is 18.1. The van der Waals surface area contributed by atoms with Gasteiger partial charge in [0, 0.05) is 0 Å². The predicted octanol–water partition coefficient (Wildman–Crippen LogP) is 3.53. The summed E-state index contributed by atoms with van der Waals surface area (Å²) in [4.78, 5) is 27.1. The van der Waals surface area contributed by atoms with Crippen LogP contribution in [0.15, 0.2) is 54.6 Å². The normalized spacial score (nSPS) is 26.3. The Balaban J connectivity index is 1.36. The highest BCUT2D eigenvalue weighted by Crippen LogP contribution is 2.53. The quantitative estimate of drug-likeness (QED) is 0.599. The summed E-state index contributed by atoms with van der Waals surface area (Å²) in [6.07, 6.45) is 5.05. The number of fused-ring (bicyclic) bond motifs is 5. The highest BCUT2D eigenvalue weighted by atomic mass is 16.5. The Bertz CT molecular complexity index is 1120. The number of carbonyl (C=O) groups excluding carboxylic acids is 2. The number of carbonyl (C=O) groups is 2. The average molecular weight is 381 g/mol. The molecule has 2 amide bonds. The lowest BCUT2D eigenvalue weighted by molar-refractivity contribution is -0.123. The molecule has 4 atom stereocenters. The maximum Gasteiger partial charge on any atom is 0.238 e. The van der Waals surface area contributed by atoms with Crippen molar-refractivity contribution in [1.82, 2.24) is 0 Å². The Morgan fingerprint density at radius 3 is 2.00 bits per heavy atom. The summed E-state index contributed by atoms with van der Waals surface area (Å²) < 4.78 is 5.75. The Morgan fingerprint density at radius 1 is 0.828 bits per heavy atom. The van der Waals surface area contributed by atoms with Gasteiger partial charge in [-0.25, -0.2) is 0 Å². The fraction of sp³-hybridized carbons (Fsp3) is 0.217. The molecule has 0 N–H and O–H groups in total. The van der Waals surface area contributed by atoms with Crippen molar-refractivity contribution in [2.24, 2.45) is 23.7 Å². The number of amides is 2. The molecule has 0 aromatic heterocycles. The van der Waals surface area contributed by atoms with E-state index in [0.717, 1.165) is 6.42 Å². The summed E-state index contributed by atoms with van der Waals surface area (Å²) in [6.45, 7) is 0. The van der Waals surface area contributed by atoms with Crippen molar-refractivity contribution in [1.29, 1.82) is 10.5 Å². The zero-order chi connectivity index (χ0) is 20.1. The van der Waals surface area contributed by atoms with Crippen LogP contribution in [0.4, 0.5) is 5.69 Å². The fourth-order valence-electron chi connectivity index (χ4n) is 4.73. The van der Waals surface area contributed by atoms with E-state index in [1.807, 2.05) is 12.1 Å². The first-order chi connectivity index (χ1) is 14.1. The average Bonchev–Trinajstić information content (AvgIpc) is 3.42. The lowest BCUT2D eigenvalue weighted by atomic mass is 9.85. The standard InChI is InChI=1S/C23H15N3O3/c24-11-15-3-6-19(10-16(15)12-25)29-18-7-4-17(5-8-18)26-22(27)20-13-1-2-14(9-13)21(20)23(26)28/h1-8,10,13-14,20-21H,9H2/t13-,14-,20+,21+/m1/s1. The third-order valence-corrected chi connectivity index (χ3v) is 6.03. The zero-order valence-electron chi connectivity index (χ0n) is 15.3. The number of rotatable bonds is 3. The molecule has 140 valence electrons. The minimum atomic E-state index is -0.225. The van der Waals surface area contributed by atoms with E-state index in [9.17, 15) is 9.59 Å². The monoisotopic (exact) mass is 381 g/mol. The predicted molar refractivity (Wildman–Crippen MR) is 103 cm³/mol. The summed E-state index contributed by atoms with van der Waals surface area (Å²) in [7, 11) is 0. The van der Waals surface area contributed by atoms with Crippen LogP contribution in [0.2, 0.25) is 0 Å². The molecule has 0 unspecified atom stereocenters. The van der Waals surface area contributed by atoms with Gasteiger partial charge in [0.15, 0.2) is 0 Å². The molecule has 1 aliphatic heterocycles. The molecule has 0 radical (unpaired) electrons. The van der Waals surface area contributed by atoms with Gasteiger partial charge in [-0.1, -0.05) is 12.2 Å². The van der Waals surface area contributed by atoms with Crippen LogP contribution in [0.3, 0.4) is 0 Å². The van der Waals surface area contributed by atoms with Crippen molar-refractivity contribution in [2.45, 2.75) is 6.42 Å². The number of nitriles is 2. The van der Waals surface area contributed by atoms with Gasteiger partial charge < -0.3 is 4.74 Å². The number of anilines is 1. The van der Waals surface area contributed by atoms with Gasteiger partial charge in [-0.15, -0.1) is 0 Å². The Hall–Kier alpha value is -3.90. The second-order valence-electron chi connectivity index (χ2n) is 7.54. The summed E-state index contributed by atoms with van der Waals surface area (Å²) >= 11 is 0. The SMILES string of the molecule is N#Cc1ccc(Oc2ccc(N3C(=O)[C@@H]4[C@@H](C3=O)[C@@H]3C=C[C@@H]4C3)cc2)cc1C#N. The number of allylic oxidation sites excluding steroid dienone is 2. The molecule has 2 aromatic carbocycles. The van der Waals surface area contributed by atoms with Crippen LogP contribution in [0.1, 0.15) is 17.5 Å². The molecule has 1 heterocycles. The molecule has 0 spiro atoms. The van der Waals surface area contributed by atoms with Gasteiger partial charge in [0.2, 0.25) is 11.8 Å². The van der Waals surface area contributed by atoms with Crippen molar-refractivity contribution in [3.05, 3.63) is 65.7 Å². The van der Waals surface area contributed by atoms with Crippen LogP contribution >= 0.6 is 0 Å². The highest BCUT2D eigenvalue weighted by molar-refractivity contribution is 6.22. The molecule has 1 saturated heterocycles. The van der Waals surface area contributed by atoms with Gasteiger partial charge in [0.25, 0.3) is 0 Å². The van der Waals surface area contributed by atoms with Crippen LogP contribution in [-0.4, -0.2) is 11.8 Å². The van der Waals surface area contributed by atoms with Crippen molar-refractivity contribution < 1.29 is 14.3 Å². The molecule has 1 saturated carbocycles. The number of benzene rings is 2. The smallest absolute Gasteiger partial charge is 0.238 e. The topological polar surface area (TPSA) is 94.2 Å². The molecule has 3 aliphatic rings. The van der Waals surface area contributed by atoms with Crippen molar-refractivity contribution in [2.75, 3.05) is 4.90 Å². The molecule has 6 heteroatoms. The van der Waals surface area contributed by atoms with E-state index in [4.69, 9.17) is 15.3 Å². The van der Waals surface area contributed by atoms with Crippen molar-refractivity contribution >= 4 is 17.5 Å². The maximum atomic E-state index is 12.9. The molecule has 6 nitrogen and oxygen atoms in total. The van der Waals surface area contributed by atoms with E-state index in [0.29, 0.717) is 17.2 Å². The third-order valence-electron chi connectivity index (χ3n) is 6.03. The summed E-state index contributed by atoms with van der Waals surface area (Å²) in [5.74, 6) is 0.613. The summed E-state index contributed by atoms with van der Waals surface area (Å²) in [6, 6.07) is 15.3. The van der Waals surface area contributed by atoms with Crippen molar-refractivity contribution in [3.63, 3.8) is 0 Å². The Morgan fingerprint density at radius 2 is 1.41 bits per heavy atom. The third kappa shape index (κ3) is 2.54. The molecule has 5 rings (SSSR count). The molecule has 2 bridgehead atoms. The number of hydrogen-bond acceptors (Lipinski definition) is 5. The largest absolute Gasteiger partial charge is 0.457 e. The minimum Gasteiger partial charge on any atom is -0.457 e. The van der Waals surface area contributed by atoms with Gasteiger partial charge >= 0.3 is 0 Å². The number of hydrogen-bond donors (Lipinski definition) is 0. The maximum absolute atomic E-state index is 12.9. The Labute approximate surface area is 167 Å². The molecule has 29 heavy (non-hydrogen) atoms. The van der Waals surface area contributed by atoms with Gasteiger partial charge in [0.1, 0.15) is 23.6 Å². The van der Waals surface area contributed by atoms with Crippen LogP contribution in [-0.2, 0) is 9.59 Å². The first-order valence-electron chi connectivity index (χ1n) is 9.39. The minimum absolute atomic E-state index is 0.115. The lowest BCUT2D eigenvalue weighted by Crippen LogP contribution is -2.32. The molecule has 2 fully saturated rings. The van der Waals surface area contributed by atoms with Crippen LogP contribution in [0.5, 0.6) is 11.5 Å². The van der Waals surface area contributed by atoms with Gasteiger partial charge in [0.05, 0.1) is 28.7 Å². The van der Waals surface area contributed by atoms with E-state index in [1.165, 1.54) is 17.0 Å². The van der Waals surface area contributed by atoms with Crippen molar-refractivity contribution in [3.8, 4) is 23.6 Å². The number of nitrogens with zero attached hydrogens (tertiary/aromatic N) is 3. The van der Waals surface area contributed by atoms with E-state index in [-0.39, 0.29) is 46.6 Å². The number of imide groups is 1. The van der Waals surface area contributed by atoms with E-state index < -0.39 is 0 Å². The molecular formula is C23H15N3O3. The second kappa shape index (κ2) is 6.32. The van der Waals surface area contributed by atoms with E-state index in [1.54, 1.807) is 30.3 Å². The first kappa shape index (κ1) is 17.2. The molecule has 2 aliphatic carbocycles. The van der Waals surface area contributed by atoms with Gasteiger partial charge in [-0.05, 0) is 60.7 Å². The lowest BCUT2D eigenvalue weighted by Gasteiger charge is -2.17. The highest BCUT2D eigenvalue weighted by Gasteiger charge is 2.59. The van der Waals surface area contributed by atoms with Crippen LogP contribution < -0.4 is 9.64 Å². The number of ether oxygens (including phenoxy) is 1. The van der Waals surface area contributed by atoms with Gasteiger partial charge in [-0.2, -0.15) is 10.5 Å². The van der Waals surface area contributed by atoms with Crippen LogP contribution in [0, 0.1) is 46.3 Å². The Kier molecular flexibility index (Phi) is 3.75. The fourth-order valence-corrected chi connectivity index (χ4v) is 4.73. The molecule has 2 aromatic rings. The van der Waals surface area contributed by atoms with Gasteiger partial charge in [-0.3, -0.25) is 14.5 Å². The van der Waals surface area contributed by atoms with Crippen LogP contribution in [0.25, 0.3) is 0 Å². The zero-order valence-corrected chi connectivity index (χ0v) is 15.3. The first-order valence-corrected chi connectivity index (χ1v) is 9.39. The molecular weight excluding hydrogens is 366 g/mol. The second-order valence-corrected chi connectivity index (χ2v) is 7.54. The summed E-state index contributed by atoms with van der Waals surface area (Å²) in [5.41, 5.74) is 1.07. The van der Waals surface area contributed by atoms with E-state index in [2.05, 4.69) is 12.2 Å². The van der Waals surface area contributed by atoms with E-state index >= 15 is 0 Å².